The Balaban J connectivity index is 2.40. The number of nitrogens with two attached hydrogens (primary N) is 1. The number of H-pyrrole nitrogens is 1. The van der Waals surface area contributed by atoms with Gasteiger partial charge in [-0.2, -0.15) is 5.10 Å². The highest BCUT2D eigenvalue weighted by atomic mass is 79.9. The molecule has 1 heterocycles. The largest absolute Gasteiger partial charge is 0.496 e. The quantitative estimate of drug-likeness (QED) is 0.901. The van der Waals surface area contributed by atoms with Crippen LogP contribution in [0.5, 0.6) is 5.75 Å². The van der Waals surface area contributed by atoms with Crippen LogP contribution in [0.25, 0.3) is 11.4 Å². The molecule has 17 heavy (non-hydrogen) atoms. The van der Waals surface area contributed by atoms with E-state index in [9.17, 15) is 0 Å². The van der Waals surface area contributed by atoms with Gasteiger partial charge in [-0.1, -0.05) is 15.9 Å². The highest BCUT2D eigenvalue weighted by molar-refractivity contribution is 9.10. The fourth-order valence-corrected chi connectivity index (χ4v) is 1.88. The SMILES string of the molecule is COc1ccc(Br)cc1-c1n[nH]c(CCN)n1. The van der Waals surface area contributed by atoms with Crippen molar-refractivity contribution in [1.29, 1.82) is 0 Å². The lowest BCUT2D eigenvalue weighted by atomic mass is 10.2. The zero-order valence-electron chi connectivity index (χ0n) is 9.40. The Bertz CT molecular complexity index is 512. The number of rotatable bonds is 4. The van der Waals surface area contributed by atoms with Crippen molar-refractivity contribution in [3.8, 4) is 17.1 Å². The maximum atomic E-state index is 5.47. The van der Waals surface area contributed by atoms with Gasteiger partial charge in [0, 0.05) is 10.9 Å². The van der Waals surface area contributed by atoms with E-state index < -0.39 is 0 Å². The zero-order chi connectivity index (χ0) is 12.3. The molecule has 2 aromatic rings. The third-order valence-electron chi connectivity index (χ3n) is 2.32. The molecule has 3 N–H and O–H groups in total. The van der Waals surface area contributed by atoms with E-state index in [2.05, 4.69) is 31.1 Å². The van der Waals surface area contributed by atoms with E-state index in [-0.39, 0.29) is 0 Å². The van der Waals surface area contributed by atoms with Crippen molar-refractivity contribution >= 4 is 15.9 Å². The smallest absolute Gasteiger partial charge is 0.184 e. The van der Waals surface area contributed by atoms with E-state index in [1.807, 2.05) is 18.2 Å². The summed E-state index contributed by atoms with van der Waals surface area (Å²) in [5.41, 5.74) is 6.32. The maximum Gasteiger partial charge on any atom is 0.184 e. The molecule has 1 aromatic heterocycles. The van der Waals surface area contributed by atoms with Crippen molar-refractivity contribution in [2.24, 2.45) is 5.73 Å². The van der Waals surface area contributed by atoms with Crippen LogP contribution in [0.15, 0.2) is 22.7 Å². The molecule has 0 radical (unpaired) electrons. The molecular weight excluding hydrogens is 284 g/mol. The first-order valence-corrected chi connectivity index (χ1v) is 5.99. The first-order chi connectivity index (χ1) is 8.24. The minimum absolute atomic E-state index is 0.546. The second-order valence-electron chi connectivity index (χ2n) is 3.49. The van der Waals surface area contributed by atoms with Crippen LogP contribution in [0.1, 0.15) is 5.82 Å². The van der Waals surface area contributed by atoms with E-state index in [1.54, 1.807) is 7.11 Å². The predicted octanol–water partition coefficient (Wildman–Crippen LogP) is 1.74. The molecule has 0 fully saturated rings. The summed E-state index contributed by atoms with van der Waals surface area (Å²) in [5, 5.41) is 7.03. The van der Waals surface area contributed by atoms with Crippen molar-refractivity contribution < 1.29 is 4.74 Å². The molecule has 6 heteroatoms. The average molecular weight is 297 g/mol. The molecule has 0 aliphatic rings. The second kappa shape index (κ2) is 5.29. The Morgan fingerprint density at radius 2 is 2.29 bits per heavy atom. The number of nitrogens with one attached hydrogen (secondary N) is 1. The van der Waals surface area contributed by atoms with Crippen LogP contribution in [0.2, 0.25) is 0 Å². The molecule has 0 unspecified atom stereocenters. The van der Waals surface area contributed by atoms with E-state index in [4.69, 9.17) is 10.5 Å². The number of nitrogens with zero attached hydrogens (tertiary/aromatic N) is 2. The Morgan fingerprint density at radius 3 is 3.00 bits per heavy atom. The van der Waals surface area contributed by atoms with Crippen LogP contribution in [-0.4, -0.2) is 28.8 Å². The first kappa shape index (κ1) is 12.1. The molecule has 90 valence electrons. The monoisotopic (exact) mass is 296 g/mol. The molecule has 0 bridgehead atoms. The van der Waals surface area contributed by atoms with Crippen LogP contribution in [0.4, 0.5) is 0 Å². The van der Waals surface area contributed by atoms with E-state index >= 15 is 0 Å². The number of hydrogen-bond acceptors (Lipinski definition) is 4. The summed E-state index contributed by atoms with van der Waals surface area (Å²) < 4.78 is 6.24. The average Bonchev–Trinajstić information content (AvgIpc) is 2.78. The molecule has 5 nitrogen and oxygen atoms in total. The number of benzene rings is 1. The summed E-state index contributed by atoms with van der Waals surface area (Å²) in [7, 11) is 1.63. The standard InChI is InChI=1S/C11H13BrN4O/c1-17-9-3-2-7(12)6-8(9)11-14-10(4-5-13)15-16-11/h2-3,6H,4-5,13H2,1H3,(H,14,15,16). The lowest BCUT2D eigenvalue weighted by Crippen LogP contribution is -2.03. The van der Waals surface area contributed by atoms with Crippen molar-refractivity contribution in [2.75, 3.05) is 13.7 Å². The number of ether oxygens (including phenoxy) is 1. The van der Waals surface area contributed by atoms with Gasteiger partial charge in [0.05, 0.1) is 12.7 Å². The third kappa shape index (κ3) is 2.65. The van der Waals surface area contributed by atoms with Crippen molar-refractivity contribution in [1.82, 2.24) is 15.2 Å². The van der Waals surface area contributed by atoms with Crippen LogP contribution < -0.4 is 10.5 Å². The molecule has 0 saturated heterocycles. The summed E-state index contributed by atoms with van der Waals surface area (Å²) in [6.45, 7) is 0.546. The summed E-state index contributed by atoms with van der Waals surface area (Å²) in [5.74, 6) is 2.14. The zero-order valence-corrected chi connectivity index (χ0v) is 11.0. The van der Waals surface area contributed by atoms with Gasteiger partial charge in [-0.3, -0.25) is 5.10 Å². The normalized spacial score (nSPS) is 10.5. The van der Waals surface area contributed by atoms with E-state index in [1.165, 1.54) is 0 Å². The van der Waals surface area contributed by atoms with Crippen LogP contribution >= 0.6 is 15.9 Å². The number of methoxy groups -OCH3 is 1. The molecule has 0 saturated carbocycles. The minimum atomic E-state index is 0.546. The number of halogens is 1. The van der Waals surface area contributed by atoms with Gasteiger partial charge in [-0.05, 0) is 24.7 Å². The fraction of sp³-hybridized carbons (Fsp3) is 0.273. The first-order valence-electron chi connectivity index (χ1n) is 5.20. The third-order valence-corrected chi connectivity index (χ3v) is 2.81. The Morgan fingerprint density at radius 1 is 1.47 bits per heavy atom. The molecule has 0 aliphatic carbocycles. The molecule has 0 aliphatic heterocycles. The van der Waals surface area contributed by atoms with Crippen molar-refractivity contribution in [3.05, 3.63) is 28.5 Å². The van der Waals surface area contributed by atoms with Crippen LogP contribution in [-0.2, 0) is 6.42 Å². The van der Waals surface area contributed by atoms with Crippen molar-refractivity contribution in [3.63, 3.8) is 0 Å². The van der Waals surface area contributed by atoms with Gasteiger partial charge in [0.25, 0.3) is 0 Å². The maximum absolute atomic E-state index is 5.47. The van der Waals surface area contributed by atoms with Gasteiger partial charge in [-0.25, -0.2) is 4.98 Å². The molecule has 0 amide bonds. The Labute approximate surface area is 108 Å². The Kier molecular flexibility index (Phi) is 3.75. The molecular formula is C11H13BrN4O. The van der Waals surface area contributed by atoms with Crippen molar-refractivity contribution in [2.45, 2.75) is 6.42 Å². The summed E-state index contributed by atoms with van der Waals surface area (Å²) in [6, 6.07) is 5.71. The Hall–Kier alpha value is -1.40. The van der Waals surface area contributed by atoms with Gasteiger partial charge in [0.15, 0.2) is 5.82 Å². The highest BCUT2D eigenvalue weighted by Gasteiger charge is 2.11. The van der Waals surface area contributed by atoms with Gasteiger partial charge in [0.1, 0.15) is 11.6 Å². The molecule has 1 aromatic carbocycles. The second-order valence-corrected chi connectivity index (χ2v) is 4.40. The summed E-state index contributed by atoms with van der Waals surface area (Å²) in [4.78, 5) is 4.37. The predicted molar refractivity (Wildman–Crippen MR) is 68.8 cm³/mol. The molecule has 0 spiro atoms. The van der Waals surface area contributed by atoms with E-state index in [0.29, 0.717) is 18.8 Å². The molecule has 0 atom stereocenters. The summed E-state index contributed by atoms with van der Waals surface area (Å²) >= 11 is 3.42. The fourth-order valence-electron chi connectivity index (χ4n) is 1.52. The molecule has 2 rings (SSSR count). The number of hydrogen-bond donors (Lipinski definition) is 2. The van der Waals surface area contributed by atoms with Crippen LogP contribution in [0, 0.1) is 0 Å². The van der Waals surface area contributed by atoms with Gasteiger partial charge >= 0.3 is 0 Å². The summed E-state index contributed by atoms with van der Waals surface area (Å²) in [6.07, 6.45) is 0.684. The van der Waals surface area contributed by atoms with Crippen LogP contribution in [0.3, 0.4) is 0 Å². The topological polar surface area (TPSA) is 76.8 Å². The van der Waals surface area contributed by atoms with E-state index in [0.717, 1.165) is 21.6 Å². The highest BCUT2D eigenvalue weighted by Crippen LogP contribution is 2.30. The lowest BCUT2D eigenvalue weighted by Gasteiger charge is -2.05. The number of aromatic nitrogens is 3. The van der Waals surface area contributed by atoms with Gasteiger partial charge in [-0.15, -0.1) is 0 Å². The lowest BCUT2D eigenvalue weighted by molar-refractivity contribution is 0.416. The minimum Gasteiger partial charge on any atom is -0.496 e. The van der Waals surface area contributed by atoms with Gasteiger partial charge in [0.2, 0.25) is 0 Å². The van der Waals surface area contributed by atoms with Gasteiger partial charge < -0.3 is 10.5 Å². The number of aromatic amines is 1.